The molecule has 0 spiro atoms. The Morgan fingerprint density at radius 1 is 1.31 bits per heavy atom. The fourth-order valence-electron chi connectivity index (χ4n) is 4.19. The van der Waals surface area contributed by atoms with Gasteiger partial charge in [0.05, 0.1) is 31.2 Å². The number of hydrogen-bond donors (Lipinski definition) is 1. The smallest absolute Gasteiger partial charge is 0.165 e. The Morgan fingerprint density at radius 3 is 3.14 bits per heavy atom. The number of morpholine rings is 1. The maximum Gasteiger partial charge on any atom is 0.165 e. The Labute approximate surface area is 169 Å². The summed E-state index contributed by atoms with van der Waals surface area (Å²) < 4.78 is 7.83. The first-order valence-electron chi connectivity index (χ1n) is 9.39. The van der Waals surface area contributed by atoms with Crippen LogP contribution < -0.4 is 4.90 Å². The molecule has 1 atom stereocenters. The Kier molecular flexibility index (Phi) is 3.56. The van der Waals surface area contributed by atoms with Gasteiger partial charge in [-0.1, -0.05) is 6.92 Å². The van der Waals surface area contributed by atoms with Gasteiger partial charge in [-0.05, 0) is 6.42 Å². The van der Waals surface area contributed by atoms with E-state index >= 15 is 0 Å². The summed E-state index contributed by atoms with van der Waals surface area (Å²) in [7, 11) is 0. The Hall–Kier alpha value is -3.18. The standard InChI is InChI=1S/C18H17N9OS/c1-2-18-9-28-5-4-27(18)15-12(26-10-22-25-17(18)26)8-20-14(23-15)11-7-21-24-13(11)16-19-3-6-29-16/h3,6-8,10H,2,4-5,9H2,1H3,(H,21,24)/t18-/m0/s1. The SMILES string of the molecule is CC[C@@]12COCCN1c1nc(-c3cn[nH]c3-c3nccs3)ncc1-n1cnnc12. The normalized spacial score (nSPS) is 20.2. The molecule has 6 rings (SSSR count). The number of nitrogens with zero attached hydrogens (tertiary/aromatic N) is 8. The van der Waals surface area contributed by atoms with Crippen LogP contribution >= 0.6 is 11.3 Å². The summed E-state index contributed by atoms with van der Waals surface area (Å²) in [5.74, 6) is 2.34. The van der Waals surface area contributed by atoms with E-state index in [1.54, 1.807) is 30.1 Å². The van der Waals surface area contributed by atoms with Gasteiger partial charge in [0.25, 0.3) is 0 Å². The lowest BCUT2D eigenvalue weighted by atomic mass is 9.90. The minimum absolute atomic E-state index is 0.387. The van der Waals surface area contributed by atoms with Crippen molar-refractivity contribution in [3.05, 3.63) is 36.1 Å². The molecule has 0 bridgehead atoms. The van der Waals surface area contributed by atoms with E-state index in [0.717, 1.165) is 46.6 Å². The topological polar surface area (TPSA) is 111 Å². The van der Waals surface area contributed by atoms with E-state index in [1.165, 1.54) is 0 Å². The zero-order valence-electron chi connectivity index (χ0n) is 15.6. The van der Waals surface area contributed by atoms with E-state index in [0.29, 0.717) is 19.0 Å². The van der Waals surface area contributed by atoms with E-state index in [9.17, 15) is 0 Å². The van der Waals surface area contributed by atoms with Gasteiger partial charge in [0, 0.05) is 18.1 Å². The molecule has 4 aromatic rings. The summed E-state index contributed by atoms with van der Waals surface area (Å²) in [6.07, 6.45) is 7.91. The van der Waals surface area contributed by atoms with E-state index < -0.39 is 0 Å². The van der Waals surface area contributed by atoms with Gasteiger partial charge in [-0.25, -0.2) is 15.0 Å². The van der Waals surface area contributed by atoms with Crippen molar-refractivity contribution in [2.24, 2.45) is 0 Å². The molecule has 6 heterocycles. The van der Waals surface area contributed by atoms with Gasteiger partial charge in [0.15, 0.2) is 17.5 Å². The molecule has 4 aromatic heterocycles. The molecule has 1 fully saturated rings. The predicted octanol–water partition coefficient (Wildman–Crippen LogP) is 2.03. The van der Waals surface area contributed by atoms with Gasteiger partial charge in [-0.3, -0.25) is 9.67 Å². The molecule has 0 aromatic carbocycles. The highest BCUT2D eigenvalue weighted by Crippen LogP contribution is 2.44. The number of anilines is 1. The first-order chi connectivity index (χ1) is 14.3. The largest absolute Gasteiger partial charge is 0.377 e. The third kappa shape index (κ3) is 2.25. The second-order valence-corrected chi connectivity index (χ2v) is 7.91. The molecule has 146 valence electrons. The fourth-order valence-corrected chi connectivity index (χ4v) is 4.84. The molecule has 0 radical (unpaired) electrons. The Balaban J connectivity index is 1.55. The minimum atomic E-state index is -0.387. The van der Waals surface area contributed by atoms with Crippen molar-refractivity contribution in [2.75, 3.05) is 24.7 Å². The van der Waals surface area contributed by atoms with Gasteiger partial charge in [0.1, 0.15) is 28.3 Å². The second-order valence-electron chi connectivity index (χ2n) is 7.01. The van der Waals surface area contributed by atoms with Crippen LogP contribution in [0.5, 0.6) is 0 Å². The Bertz CT molecular complexity index is 1180. The van der Waals surface area contributed by atoms with Crippen molar-refractivity contribution < 1.29 is 4.74 Å². The van der Waals surface area contributed by atoms with Crippen LogP contribution in [0.1, 0.15) is 19.2 Å². The number of fused-ring (bicyclic) bond motifs is 6. The number of ether oxygens (including phenoxy) is 1. The molecule has 1 N–H and O–H groups in total. The lowest BCUT2D eigenvalue weighted by Crippen LogP contribution is -2.58. The molecule has 11 heteroatoms. The summed E-state index contributed by atoms with van der Waals surface area (Å²) in [6, 6.07) is 0. The number of aromatic nitrogens is 8. The molecule has 0 unspecified atom stereocenters. The highest BCUT2D eigenvalue weighted by Gasteiger charge is 2.48. The minimum Gasteiger partial charge on any atom is -0.377 e. The van der Waals surface area contributed by atoms with Crippen molar-refractivity contribution in [2.45, 2.75) is 18.9 Å². The molecule has 10 nitrogen and oxygen atoms in total. The van der Waals surface area contributed by atoms with Crippen LogP contribution in [0.3, 0.4) is 0 Å². The van der Waals surface area contributed by atoms with Crippen molar-refractivity contribution in [3.63, 3.8) is 0 Å². The number of aromatic amines is 1. The van der Waals surface area contributed by atoms with Crippen LogP contribution in [0, 0.1) is 0 Å². The first-order valence-corrected chi connectivity index (χ1v) is 10.3. The van der Waals surface area contributed by atoms with Crippen molar-refractivity contribution in [1.29, 1.82) is 0 Å². The average molecular weight is 407 g/mol. The summed E-state index contributed by atoms with van der Waals surface area (Å²) in [5, 5.41) is 18.6. The van der Waals surface area contributed by atoms with E-state index in [4.69, 9.17) is 9.72 Å². The number of hydrogen-bond acceptors (Lipinski definition) is 9. The molecule has 2 aliphatic heterocycles. The summed E-state index contributed by atoms with van der Waals surface area (Å²) in [4.78, 5) is 16.3. The van der Waals surface area contributed by atoms with Crippen LogP contribution in [-0.2, 0) is 10.3 Å². The molecular weight excluding hydrogens is 390 g/mol. The van der Waals surface area contributed by atoms with Gasteiger partial charge in [-0.15, -0.1) is 21.5 Å². The van der Waals surface area contributed by atoms with Crippen LogP contribution in [0.15, 0.2) is 30.3 Å². The van der Waals surface area contributed by atoms with Crippen molar-refractivity contribution in [1.82, 2.24) is 39.9 Å². The summed E-state index contributed by atoms with van der Waals surface area (Å²) in [5.41, 5.74) is 2.14. The summed E-state index contributed by atoms with van der Waals surface area (Å²) >= 11 is 1.55. The molecule has 29 heavy (non-hydrogen) atoms. The molecule has 0 amide bonds. The highest BCUT2D eigenvalue weighted by atomic mass is 32.1. The average Bonchev–Trinajstić information content (AvgIpc) is 3.54. The monoisotopic (exact) mass is 407 g/mol. The first kappa shape index (κ1) is 16.7. The zero-order valence-corrected chi connectivity index (χ0v) is 16.4. The molecule has 2 aliphatic rings. The third-order valence-electron chi connectivity index (χ3n) is 5.66. The van der Waals surface area contributed by atoms with Crippen LogP contribution in [-0.4, -0.2) is 59.7 Å². The van der Waals surface area contributed by atoms with Gasteiger partial charge in [-0.2, -0.15) is 5.10 Å². The van der Waals surface area contributed by atoms with Gasteiger partial charge < -0.3 is 9.64 Å². The summed E-state index contributed by atoms with van der Waals surface area (Å²) in [6.45, 7) is 4.07. The maximum atomic E-state index is 5.86. The number of thiazole rings is 1. The van der Waals surface area contributed by atoms with Crippen LogP contribution in [0.2, 0.25) is 0 Å². The van der Waals surface area contributed by atoms with Crippen molar-refractivity contribution in [3.8, 4) is 27.8 Å². The third-order valence-corrected chi connectivity index (χ3v) is 6.45. The lowest BCUT2D eigenvalue weighted by molar-refractivity contribution is 0.0391. The molecule has 0 aliphatic carbocycles. The zero-order chi connectivity index (χ0) is 19.4. The number of H-pyrrole nitrogens is 1. The maximum absolute atomic E-state index is 5.86. The number of nitrogens with one attached hydrogen (secondary N) is 1. The van der Waals surface area contributed by atoms with E-state index in [2.05, 4.69) is 42.2 Å². The predicted molar refractivity (Wildman–Crippen MR) is 106 cm³/mol. The number of rotatable bonds is 3. The van der Waals surface area contributed by atoms with E-state index in [1.807, 2.05) is 16.1 Å². The van der Waals surface area contributed by atoms with Gasteiger partial charge >= 0.3 is 0 Å². The van der Waals surface area contributed by atoms with Crippen molar-refractivity contribution >= 4 is 17.2 Å². The molecule has 0 saturated carbocycles. The fraction of sp³-hybridized carbons (Fsp3) is 0.333. The quantitative estimate of drug-likeness (QED) is 0.549. The lowest BCUT2D eigenvalue weighted by Gasteiger charge is -2.49. The van der Waals surface area contributed by atoms with Crippen LogP contribution in [0.4, 0.5) is 5.82 Å². The van der Waals surface area contributed by atoms with Crippen LogP contribution in [0.25, 0.3) is 27.8 Å². The highest BCUT2D eigenvalue weighted by molar-refractivity contribution is 7.13. The van der Waals surface area contributed by atoms with Gasteiger partial charge in [0.2, 0.25) is 0 Å². The van der Waals surface area contributed by atoms with E-state index in [-0.39, 0.29) is 5.54 Å². The Morgan fingerprint density at radius 2 is 2.28 bits per heavy atom. The molecule has 1 saturated heterocycles. The second kappa shape index (κ2) is 6.16. The molecular formula is C18H17N9OS.